The second-order valence-electron chi connectivity index (χ2n) is 4.32. The van der Waals surface area contributed by atoms with E-state index in [1.54, 1.807) is 24.3 Å². The summed E-state index contributed by atoms with van der Waals surface area (Å²) in [5.74, 6) is -0.251. The predicted octanol–water partition coefficient (Wildman–Crippen LogP) is 4.55. The van der Waals surface area contributed by atoms with Crippen LogP contribution in [-0.2, 0) is 0 Å². The number of carbonyl (C=O) groups is 1. The number of amides is 1. The molecule has 3 rings (SSSR count). The normalized spacial score (nSPS) is 10.8. The topological polar surface area (TPSA) is 68.0 Å². The number of hydrogen-bond acceptors (Lipinski definition) is 4. The SMILES string of the molecule is Nc1cc(C(=O)Nc2nc3ccc(Cl)cc3s2)ccc1Br. The van der Waals surface area contributed by atoms with Crippen LogP contribution in [0.4, 0.5) is 10.8 Å². The standard InChI is InChI=1S/C14H9BrClN3OS/c15-9-3-1-7(5-10(9)17)13(20)19-14-18-11-4-2-8(16)6-12(11)21-14/h1-6H,17H2,(H,18,19,20). The maximum atomic E-state index is 12.2. The fourth-order valence-electron chi connectivity index (χ4n) is 1.81. The van der Waals surface area contributed by atoms with Gasteiger partial charge in [-0.1, -0.05) is 22.9 Å². The number of thiazole rings is 1. The number of nitrogens with zero attached hydrogens (tertiary/aromatic N) is 1. The quantitative estimate of drug-likeness (QED) is 0.639. The van der Waals surface area contributed by atoms with E-state index in [9.17, 15) is 4.79 Å². The largest absolute Gasteiger partial charge is 0.398 e. The molecule has 4 nitrogen and oxygen atoms in total. The summed E-state index contributed by atoms with van der Waals surface area (Å²) in [4.78, 5) is 16.5. The van der Waals surface area contributed by atoms with Gasteiger partial charge in [-0.05, 0) is 52.3 Å². The molecule has 0 radical (unpaired) electrons. The van der Waals surface area contributed by atoms with Gasteiger partial charge in [-0.15, -0.1) is 0 Å². The molecule has 3 aromatic rings. The molecule has 7 heteroatoms. The van der Waals surface area contributed by atoms with Gasteiger partial charge in [-0.2, -0.15) is 0 Å². The first kappa shape index (κ1) is 14.3. The van der Waals surface area contributed by atoms with Gasteiger partial charge in [0, 0.05) is 20.7 Å². The zero-order valence-electron chi connectivity index (χ0n) is 10.6. The van der Waals surface area contributed by atoms with Gasteiger partial charge < -0.3 is 5.73 Å². The summed E-state index contributed by atoms with van der Waals surface area (Å²) >= 11 is 10.6. The first-order chi connectivity index (χ1) is 10.0. The van der Waals surface area contributed by atoms with Crippen molar-refractivity contribution in [3.63, 3.8) is 0 Å². The number of halogens is 2. The molecule has 2 aromatic carbocycles. The lowest BCUT2D eigenvalue weighted by Crippen LogP contribution is -2.11. The smallest absolute Gasteiger partial charge is 0.257 e. The van der Waals surface area contributed by atoms with Crippen LogP contribution in [0.25, 0.3) is 10.2 Å². The molecule has 0 saturated carbocycles. The highest BCUT2D eigenvalue weighted by molar-refractivity contribution is 9.10. The van der Waals surface area contributed by atoms with Gasteiger partial charge in [0.25, 0.3) is 5.91 Å². The van der Waals surface area contributed by atoms with Crippen LogP contribution >= 0.6 is 38.9 Å². The number of aromatic nitrogens is 1. The Balaban J connectivity index is 1.87. The van der Waals surface area contributed by atoms with Gasteiger partial charge in [0.1, 0.15) is 0 Å². The van der Waals surface area contributed by atoms with E-state index >= 15 is 0 Å². The number of rotatable bonds is 2. The van der Waals surface area contributed by atoms with Crippen molar-refractivity contribution < 1.29 is 4.79 Å². The number of hydrogen-bond donors (Lipinski definition) is 2. The maximum absolute atomic E-state index is 12.2. The van der Waals surface area contributed by atoms with Crippen LogP contribution in [0.3, 0.4) is 0 Å². The van der Waals surface area contributed by atoms with Crippen LogP contribution in [0, 0.1) is 0 Å². The van der Waals surface area contributed by atoms with E-state index in [0.29, 0.717) is 21.4 Å². The number of benzene rings is 2. The lowest BCUT2D eigenvalue weighted by atomic mass is 10.2. The molecule has 0 atom stereocenters. The number of nitrogens with one attached hydrogen (secondary N) is 1. The molecule has 0 aliphatic rings. The van der Waals surface area contributed by atoms with E-state index in [0.717, 1.165) is 14.7 Å². The molecular weight excluding hydrogens is 374 g/mol. The molecule has 1 heterocycles. The molecule has 0 saturated heterocycles. The summed E-state index contributed by atoms with van der Waals surface area (Å²) in [6.07, 6.45) is 0. The Hall–Kier alpha value is -1.63. The molecule has 1 aromatic heterocycles. The average molecular weight is 383 g/mol. The van der Waals surface area contributed by atoms with Crippen molar-refractivity contribution in [2.45, 2.75) is 0 Å². The van der Waals surface area contributed by atoms with Crippen LogP contribution in [-0.4, -0.2) is 10.9 Å². The molecule has 0 aliphatic heterocycles. The first-order valence-corrected chi connectivity index (χ1v) is 7.94. The molecule has 3 N–H and O–H groups in total. The van der Waals surface area contributed by atoms with Crippen LogP contribution < -0.4 is 11.1 Å². The van der Waals surface area contributed by atoms with E-state index in [1.807, 2.05) is 12.1 Å². The lowest BCUT2D eigenvalue weighted by Gasteiger charge is -2.03. The minimum absolute atomic E-state index is 0.251. The van der Waals surface area contributed by atoms with Crippen molar-refractivity contribution in [2.75, 3.05) is 11.1 Å². The van der Waals surface area contributed by atoms with Gasteiger partial charge in [-0.25, -0.2) is 4.98 Å². The Bertz CT molecular complexity index is 849. The molecule has 0 spiro atoms. The second-order valence-corrected chi connectivity index (χ2v) is 6.64. The maximum Gasteiger partial charge on any atom is 0.257 e. The van der Waals surface area contributed by atoms with Crippen LogP contribution in [0.1, 0.15) is 10.4 Å². The number of carbonyl (C=O) groups excluding carboxylic acids is 1. The van der Waals surface area contributed by atoms with Gasteiger partial charge in [0.05, 0.1) is 10.2 Å². The Kier molecular flexibility index (Phi) is 3.84. The summed E-state index contributed by atoms with van der Waals surface area (Å²) in [5.41, 5.74) is 7.57. The highest BCUT2D eigenvalue weighted by Gasteiger charge is 2.11. The van der Waals surface area contributed by atoms with Crippen molar-refractivity contribution in [1.29, 1.82) is 0 Å². The number of anilines is 2. The second kappa shape index (κ2) is 5.63. The van der Waals surface area contributed by atoms with E-state index in [-0.39, 0.29) is 5.91 Å². The molecule has 1 amide bonds. The Morgan fingerprint density at radius 1 is 1.29 bits per heavy atom. The summed E-state index contributed by atoms with van der Waals surface area (Å²) in [5, 5.41) is 3.94. The third-order valence-electron chi connectivity index (χ3n) is 2.83. The number of fused-ring (bicyclic) bond motifs is 1. The van der Waals surface area contributed by atoms with Gasteiger partial charge in [-0.3, -0.25) is 10.1 Å². The molecule has 106 valence electrons. The Morgan fingerprint density at radius 2 is 2.10 bits per heavy atom. The molecule has 21 heavy (non-hydrogen) atoms. The van der Waals surface area contributed by atoms with E-state index in [4.69, 9.17) is 17.3 Å². The first-order valence-electron chi connectivity index (χ1n) is 5.95. The number of nitrogen functional groups attached to an aromatic ring is 1. The van der Waals surface area contributed by atoms with Crippen molar-refractivity contribution in [3.8, 4) is 0 Å². The van der Waals surface area contributed by atoms with E-state index < -0.39 is 0 Å². The monoisotopic (exact) mass is 381 g/mol. The van der Waals surface area contributed by atoms with Gasteiger partial charge in [0.15, 0.2) is 5.13 Å². The lowest BCUT2D eigenvalue weighted by molar-refractivity contribution is 0.102. The summed E-state index contributed by atoms with van der Waals surface area (Å²) in [6.45, 7) is 0. The zero-order chi connectivity index (χ0) is 15.0. The third kappa shape index (κ3) is 3.02. The fourth-order valence-corrected chi connectivity index (χ4v) is 3.19. The van der Waals surface area contributed by atoms with Gasteiger partial charge in [0.2, 0.25) is 0 Å². The zero-order valence-corrected chi connectivity index (χ0v) is 13.7. The molecular formula is C14H9BrClN3OS. The van der Waals surface area contributed by atoms with Gasteiger partial charge >= 0.3 is 0 Å². The van der Waals surface area contributed by atoms with Crippen molar-refractivity contribution in [2.24, 2.45) is 0 Å². The van der Waals surface area contributed by atoms with E-state index in [1.165, 1.54) is 11.3 Å². The van der Waals surface area contributed by atoms with Crippen molar-refractivity contribution in [1.82, 2.24) is 4.98 Å². The minimum atomic E-state index is -0.251. The van der Waals surface area contributed by atoms with E-state index in [2.05, 4.69) is 26.2 Å². The fraction of sp³-hybridized carbons (Fsp3) is 0. The van der Waals surface area contributed by atoms with Crippen LogP contribution in [0.5, 0.6) is 0 Å². The minimum Gasteiger partial charge on any atom is -0.398 e. The Morgan fingerprint density at radius 3 is 2.86 bits per heavy atom. The van der Waals surface area contributed by atoms with Crippen molar-refractivity contribution >= 4 is 65.8 Å². The summed E-state index contributed by atoms with van der Waals surface area (Å²) in [6, 6.07) is 10.5. The molecule has 0 unspecified atom stereocenters. The highest BCUT2D eigenvalue weighted by Crippen LogP contribution is 2.29. The highest BCUT2D eigenvalue weighted by atomic mass is 79.9. The molecule has 0 aliphatic carbocycles. The average Bonchev–Trinajstić information content (AvgIpc) is 2.83. The number of nitrogens with two attached hydrogens (primary N) is 1. The third-order valence-corrected chi connectivity index (χ3v) is 4.72. The summed E-state index contributed by atoms with van der Waals surface area (Å²) < 4.78 is 1.68. The van der Waals surface area contributed by atoms with Crippen molar-refractivity contribution in [3.05, 3.63) is 51.5 Å². The molecule has 0 fully saturated rings. The molecule has 0 bridgehead atoms. The van der Waals surface area contributed by atoms with Crippen LogP contribution in [0.15, 0.2) is 40.9 Å². The predicted molar refractivity (Wildman–Crippen MR) is 91.1 cm³/mol. The summed E-state index contributed by atoms with van der Waals surface area (Å²) in [7, 11) is 0. The van der Waals surface area contributed by atoms with Crippen LogP contribution in [0.2, 0.25) is 5.02 Å². The Labute approximate surface area is 138 Å².